The zero-order valence-electron chi connectivity index (χ0n) is 6.12. The lowest BCUT2D eigenvalue weighted by Crippen LogP contribution is -1.97. The zero-order valence-corrected chi connectivity index (χ0v) is 7.02. The van der Waals surface area contributed by atoms with Gasteiger partial charge in [0.1, 0.15) is 0 Å². The summed E-state index contributed by atoms with van der Waals surface area (Å²) in [6.07, 6.45) is 4.44. The maximum absolute atomic E-state index is 10.2. The van der Waals surface area contributed by atoms with Gasteiger partial charge in [0, 0.05) is 0 Å². The molecule has 0 aliphatic rings. The molecular weight excluding hydrogens is 149 g/mol. The molecule has 0 radical (unpaired) electrons. The van der Waals surface area contributed by atoms with Gasteiger partial charge in [-0.25, -0.2) is 0 Å². The summed E-state index contributed by atoms with van der Waals surface area (Å²) < 4.78 is 10.2. The lowest BCUT2D eigenvalue weighted by Gasteiger charge is -1.92. The lowest BCUT2D eigenvalue weighted by molar-refractivity contribution is 0.499. The van der Waals surface area contributed by atoms with Crippen molar-refractivity contribution in [3.05, 3.63) is 0 Å². The van der Waals surface area contributed by atoms with Crippen molar-refractivity contribution < 1.29 is 9.46 Å². The molecule has 0 bridgehead atoms. The van der Waals surface area contributed by atoms with Crippen molar-refractivity contribution in [2.24, 2.45) is 5.73 Å². The van der Waals surface area contributed by atoms with E-state index in [0.29, 0.717) is 6.16 Å². The molecule has 0 saturated carbocycles. The first-order chi connectivity index (χ1) is 4.77. The zero-order chi connectivity index (χ0) is 7.82. The normalized spacial score (nSPS) is 11.6. The highest BCUT2D eigenvalue weighted by Gasteiger charge is 2.07. The van der Waals surface area contributed by atoms with E-state index in [1.54, 1.807) is 0 Å². The molecule has 60 valence electrons. The van der Waals surface area contributed by atoms with Crippen LogP contribution in [0.5, 0.6) is 0 Å². The molecule has 4 heteroatoms. The molecule has 1 unspecified atom stereocenters. The van der Waals surface area contributed by atoms with Crippen LogP contribution in [0.4, 0.5) is 0 Å². The van der Waals surface area contributed by atoms with E-state index in [0.717, 1.165) is 32.2 Å². The summed E-state index contributed by atoms with van der Waals surface area (Å²) in [5.41, 5.74) is 5.26. The molecule has 3 nitrogen and oxygen atoms in total. The van der Waals surface area contributed by atoms with Crippen molar-refractivity contribution in [2.45, 2.75) is 25.7 Å². The van der Waals surface area contributed by atoms with Crippen molar-refractivity contribution in [3.8, 4) is 0 Å². The maximum Gasteiger partial charge on any atom is 0.505 e. The van der Waals surface area contributed by atoms with Gasteiger partial charge in [-0.1, -0.05) is 6.42 Å². The van der Waals surface area contributed by atoms with Crippen LogP contribution in [0.25, 0.3) is 0 Å². The monoisotopic (exact) mass is 164 g/mol. The summed E-state index contributed by atoms with van der Waals surface area (Å²) in [4.78, 5) is 8.39. The van der Waals surface area contributed by atoms with E-state index in [4.69, 9.17) is 10.6 Å². The van der Waals surface area contributed by atoms with Gasteiger partial charge in [0.2, 0.25) is 0 Å². The molecule has 0 amide bonds. The summed E-state index contributed by atoms with van der Waals surface area (Å²) >= 11 is 0. The Morgan fingerprint density at radius 2 is 1.80 bits per heavy atom. The third kappa shape index (κ3) is 8.02. The summed E-state index contributed by atoms with van der Waals surface area (Å²) in [6, 6.07) is 0. The fraction of sp³-hybridized carbons (Fsp3) is 1.00. The number of unbranched alkanes of at least 4 members (excludes halogenated alkanes) is 3. The van der Waals surface area contributed by atoms with Crippen LogP contribution in [0.2, 0.25) is 0 Å². The quantitative estimate of drug-likeness (QED) is 0.458. The third-order valence-corrected chi connectivity index (χ3v) is 2.00. The molecule has 0 aromatic carbocycles. The van der Waals surface area contributed by atoms with Crippen LogP contribution in [-0.4, -0.2) is 17.6 Å². The molecule has 3 N–H and O–H groups in total. The van der Waals surface area contributed by atoms with Gasteiger partial charge in [0.15, 0.2) is 6.16 Å². The van der Waals surface area contributed by atoms with E-state index in [1.807, 2.05) is 0 Å². The van der Waals surface area contributed by atoms with Crippen molar-refractivity contribution >= 4 is 8.03 Å². The molecule has 10 heavy (non-hydrogen) atoms. The molecule has 1 atom stereocenters. The minimum Gasteiger partial charge on any atom is -0.330 e. The Hall–Kier alpha value is 0.0200. The highest BCUT2D eigenvalue weighted by Crippen LogP contribution is 2.15. The van der Waals surface area contributed by atoms with E-state index in [1.165, 1.54) is 0 Å². The molecule has 0 rings (SSSR count). The standard InChI is InChI=1S/C6H14NO2P/c7-5-3-1-2-4-6-10(8)9/h1-7H2/p+1. The van der Waals surface area contributed by atoms with Crippen LogP contribution < -0.4 is 5.73 Å². The van der Waals surface area contributed by atoms with Gasteiger partial charge in [-0.2, -0.15) is 4.89 Å². The van der Waals surface area contributed by atoms with Gasteiger partial charge in [-0.05, 0) is 30.4 Å². The van der Waals surface area contributed by atoms with Crippen LogP contribution in [-0.2, 0) is 4.57 Å². The predicted molar refractivity (Wildman–Crippen MR) is 42.2 cm³/mol. The van der Waals surface area contributed by atoms with E-state index < -0.39 is 8.03 Å². The predicted octanol–water partition coefficient (Wildman–Crippen LogP) is 1.24. The average molecular weight is 164 g/mol. The summed E-state index contributed by atoms with van der Waals surface area (Å²) in [6.45, 7) is 0.727. The van der Waals surface area contributed by atoms with Crippen LogP contribution >= 0.6 is 8.03 Å². The first kappa shape index (κ1) is 10.0. The molecule has 0 fully saturated rings. The van der Waals surface area contributed by atoms with Crippen LogP contribution in [0.1, 0.15) is 25.7 Å². The van der Waals surface area contributed by atoms with E-state index in [9.17, 15) is 4.57 Å². The van der Waals surface area contributed by atoms with Gasteiger partial charge < -0.3 is 5.73 Å². The van der Waals surface area contributed by atoms with Crippen LogP contribution in [0.15, 0.2) is 0 Å². The van der Waals surface area contributed by atoms with Crippen LogP contribution in [0, 0.1) is 0 Å². The van der Waals surface area contributed by atoms with Crippen LogP contribution in [0.3, 0.4) is 0 Å². The van der Waals surface area contributed by atoms with Gasteiger partial charge in [-0.3, -0.25) is 0 Å². The highest BCUT2D eigenvalue weighted by molar-refractivity contribution is 7.37. The van der Waals surface area contributed by atoms with Crippen molar-refractivity contribution in [2.75, 3.05) is 12.7 Å². The van der Waals surface area contributed by atoms with Gasteiger partial charge in [-0.15, -0.1) is 0 Å². The fourth-order valence-electron chi connectivity index (χ4n) is 0.745. The van der Waals surface area contributed by atoms with E-state index in [2.05, 4.69) is 0 Å². The first-order valence-corrected chi connectivity index (χ1v) is 5.00. The Balaban J connectivity index is 2.84. The molecule has 0 spiro atoms. The summed E-state index contributed by atoms with van der Waals surface area (Å²) in [5.74, 6) is 0. The summed E-state index contributed by atoms with van der Waals surface area (Å²) in [5, 5.41) is 0. The second-order valence-corrected chi connectivity index (χ2v) is 3.43. The molecule has 0 aliphatic carbocycles. The fourth-order valence-corrected chi connectivity index (χ4v) is 1.24. The molecule has 0 saturated heterocycles. The average Bonchev–Trinajstić information content (AvgIpc) is 1.87. The largest absolute Gasteiger partial charge is 0.505 e. The van der Waals surface area contributed by atoms with Gasteiger partial charge >= 0.3 is 8.03 Å². The third-order valence-electron chi connectivity index (χ3n) is 1.30. The number of hydrogen-bond donors (Lipinski definition) is 2. The Labute approximate surface area is 62.5 Å². The smallest absolute Gasteiger partial charge is 0.330 e. The molecular formula is C6H15NO2P+. The second-order valence-electron chi connectivity index (χ2n) is 2.28. The van der Waals surface area contributed by atoms with Crippen molar-refractivity contribution in [1.29, 1.82) is 0 Å². The van der Waals surface area contributed by atoms with Crippen molar-refractivity contribution in [3.63, 3.8) is 0 Å². The second kappa shape index (κ2) is 7.13. The Morgan fingerprint density at radius 1 is 1.20 bits per heavy atom. The topological polar surface area (TPSA) is 63.3 Å². The molecule has 0 aromatic rings. The Morgan fingerprint density at radius 3 is 2.30 bits per heavy atom. The first-order valence-electron chi connectivity index (χ1n) is 3.61. The summed E-state index contributed by atoms with van der Waals surface area (Å²) in [7, 11) is -1.90. The molecule has 0 aliphatic heterocycles. The minimum atomic E-state index is -1.90. The number of rotatable bonds is 6. The molecule has 0 aromatic heterocycles. The SMILES string of the molecule is NCCCCCC[P+](=O)O. The number of nitrogens with two attached hydrogens (primary N) is 1. The molecule has 0 heterocycles. The maximum atomic E-state index is 10.2. The Kier molecular flexibility index (Phi) is 7.15. The van der Waals surface area contributed by atoms with Gasteiger partial charge in [0.05, 0.1) is 0 Å². The lowest BCUT2D eigenvalue weighted by atomic mass is 10.2. The minimum absolute atomic E-state index is 0.444. The Bertz CT molecular complexity index is 97.7. The number of hydrogen-bond acceptors (Lipinski definition) is 2. The van der Waals surface area contributed by atoms with E-state index >= 15 is 0 Å². The van der Waals surface area contributed by atoms with Gasteiger partial charge in [0.25, 0.3) is 0 Å². The highest BCUT2D eigenvalue weighted by atomic mass is 31.1. The van der Waals surface area contributed by atoms with Crippen molar-refractivity contribution in [1.82, 2.24) is 0 Å². The van der Waals surface area contributed by atoms with E-state index in [-0.39, 0.29) is 0 Å².